The first-order valence-electron chi connectivity index (χ1n) is 35.7. The van der Waals surface area contributed by atoms with Gasteiger partial charge in [0.25, 0.3) is 0 Å². The number of carbonyl (C=O) groups excluding carboxylic acids is 3. The van der Waals surface area contributed by atoms with E-state index in [1.54, 1.807) is 0 Å². The van der Waals surface area contributed by atoms with Crippen LogP contribution in [-0.2, 0) is 28.6 Å². The molecular weight excluding hydrogens is 1020 g/mol. The fourth-order valence-electron chi connectivity index (χ4n) is 10.2. The molecule has 0 aliphatic carbocycles. The smallest absolute Gasteiger partial charge is 0.306 e. The van der Waals surface area contributed by atoms with E-state index in [1.165, 1.54) is 212 Å². The van der Waals surface area contributed by atoms with Gasteiger partial charge in [-0.3, -0.25) is 14.4 Å². The van der Waals surface area contributed by atoms with Gasteiger partial charge in [-0.25, -0.2) is 0 Å². The molecule has 478 valence electrons. The summed E-state index contributed by atoms with van der Waals surface area (Å²) in [4.78, 5) is 38.4. The Morgan fingerprint density at radius 2 is 0.470 bits per heavy atom. The number of allylic oxidation sites excluding steroid dienone is 16. The van der Waals surface area contributed by atoms with Gasteiger partial charge in [0, 0.05) is 19.3 Å². The lowest BCUT2D eigenvalue weighted by Gasteiger charge is -2.18. The number of unbranched alkanes of at least 4 members (excludes halogenated alkanes) is 38. The van der Waals surface area contributed by atoms with Crippen molar-refractivity contribution in [1.82, 2.24) is 0 Å². The van der Waals surface area contributed by atoms with Crippen LogP contribution in [0.3, 0.4) is 0 Å². The zero-order valence-corrected chi connectivity index (χ0v) is 54.9. The number of hydrogen-bond acceptors (Lipinski definition) is 6. The van der Waals surface area contributed by atoms with Crippen LogP contribution in [0.2, 0.25) is 0 Å². The molecule has 0 rings (SSSR count). The molecule has 1 unspecified atom stereocenters. The Labute approximate surface area is 515 Å². The van der Waals surface area contributed by atoms with Gasteiger partial charge in [-0.05, 0) is 122 Å². The van der Waals surface area contributed by atoms with Gasteiger partial charge in [0.2, 0.25) is 0 Å². The molecule has 0 aromatic carbocycles. The van der Waals surface area contributed by atoms with E-state index in [1.807, 2.05) is 0 Å². The molecule has 0 saturated carbocycles. The van der Waals surface area contributed by atoms with E-state index in [-0.39, 0.29) is 31.1 Å². The van der Waals surface area contributed by atoms with Gasteiger partial charge >= 0.3 is 17.9 Å². The second-order valence-electron chi connectivity index (χ2n) is 23.8. The van der Waals surface area contributed by atoms with E-state index in [0.29, 0.717) is 19.3 Å². The molecule has 0 saturated heterocycles. The fraction of sp³-hybridized carbons (Fsp3) is 0.753. The first-order chi connectivity index (χ1) is 41.0. The topological polar surface area (TPSA) is 78.9 Å². The van der Waals surface area contributed by atoms with Crippen molar-refractivity contribution in [1.29, 1.82) is 0 Å². The number of esters is 3. The lowest BCUT2D eigenvalue weighted by molar-refractivity contribution is -0.167. The minimum Gasteiger partial charge on any atom is -0.462 e. The van der Waals surface area contributed by atoms with Crippen molar-refractivity contribution in [3.05, 3.63) is 97.2 Å². The van der Waals surface area contributed by atoms with Gasteiger partial charge in [-0.15, -0.1) is 0 Å². The van der Waals surface area contributed by atoms with E-state index < -0.39 is 6.10 Å². The monoisotopic (exact) mass is 1160 g/mol. The Kier molecular flexibility index (Phi) is 67.7. The average Bonchev–Trinajstić information content (AvgIpc) is 3.49. The Balaban J connectivity index is 4.21. The van der Waals surface area contributed by atoms with Crippen molar-refractivity contribution < 1.29 is 28.6 Å². The van der Waals surface area contributed by atoms with Gasteiger partial charge in [-0.2, -0.15) is 0 Å². The predicted octanol–water partition coefficient (Wildman–Crippen LogP) is 24.8. The Morgan fingerprint density at radius 3 is 0.759 bits per heavy atom. The highest BCUT2D eigenvalue weighted by Gasteiger charge is 2.19. The predicted molar refractivity (Wildman–Crippen MR) is 362 cm³/mol. The molecule has 83 heavy (non-hydrogen) atoms. The maximum atomic E-state index is 12.9. The molecule has 0 N–H and O–H groups in total. The van der Waals surface area contributed by atoms with Crippen LogP contribution in [0.4, 0.5) is 0 Å². The minimum atomic E-state index is -0.782. The Hall–Kier alpha value is -3.67. The van der Waals surface area contributed by atoms with Crippen molar-refractivity contribution in [2.75, 3.05) is 13.2 Å². The molecule has 6 heteroatoms. The highest BCUT2D eigenvalue weighted by molar-refractivity contribution is 5.71. The van der Waals surface area contributed by atoms with E-state index >= 15 is 0 Å². The third-order valence-electron chi connectivity index (χ3n) is 15.5. The summed E-state index contributed by atoms with van der Waals surface area (Å²) in [5.74, 6) is -0.873. The van der Waals surface area contributed by atoms with Gasteiger partial charge in [0.05, 0.1) is 0 Å². The largest absolute Gasteiger partial charge is 0.462 e. The van der Waals surface area contributed by atoms with Gasteiger partial charge < -0.3 is 14.2 Å². The number of carbonyl (C=O) groups is 3. The summed E-state index contributed by atoms with van der Waals surface area (Å²) in [5.41, 5.74) is 0. The summed E-state index contributed by atoms with van der Waals surface area (Å²) in [7, 11) is 0. The van der Waals surface area contributed by atoms with Crippen LogP contribution in [0.1, 0.15) is 355 Å². The molecule has 6 nitrogen and oxygen atoms in total. The highest BCUT2D eigenvalue weighted by atomic mass is 16.6. The van der Waals surface area contributed by atoms with Crippen LogP contribution in [0, 0.1) is 0 Å². The molecule has 0 aliphatic rings. The molecule has 0 fully saturated rings. The molecule has 0 aromatic heterocycles. The molecule has 0 heterocycles. The summed E-state index contributed by atoms with van der Waals surface area (Å²) in [5, 5.41) is 0. The first kappa shape index (κ1) is 79.3. The second-order valence-corrected chi connectivity index (χ2v) is 23.8. The maximum absolute atomic E-state index is 12.9. The summed E-state index contributed by atoms with van der Waals surface area (Å²) >= 11 is 0. The van der Waals surface area contributed by atoms with Crippen LogP contribution < -0.4 is 0 Å². The second kappa shape index (κ2) is 70.8. The molecule has 0 radical (unpaired) electrons. The third-order valence-corrected chi connectivity index (χ3v) is 15.5. The standard InChI is InChI=1S/C77H134O6/c1-4-7-10-13-16-19-22-25-27-29-31-32-33-34-35-36-37-38-39-40-41-42-43-44-46-47-49-52-55-58-61-64-67-70-76(79)82-73-74(72-81-75(78)69-66-63-60-57-54-51-24-21-18-15-12-9-6-3)83-77(80)71-68-65-62-59-56-53-50-48-45-30-28-26-23-20-17-14-11-8-5-2/h7,10,16,19,21,24-28,31-32,34-35,37-38,74H,4-6,8-9,11-15,17-18,20,22-23,29-30,33,36,39-73H2,1-3H3/b10-7-,19-16-,24-21-,27-25-,28-26-,32-31-,35-34-,38-37-. The molecular formula is C77H134O6. The molecule has 1 atom stereocenters. The fourth-order valence-corrected chi connectivity index (χ4v) is 10.2. The van der Waals surface area contributed by atoms with Crippen LogP contribution in [-0.4, -0.2) is 37.2 Å². The highest BCUT2D eigenvalue weighted by Crippen LogP contribution is 2.17. The van der Waals surface area contributed by atoms with Gasteiger partial charge in [0.1, 0.15) is 13.2 Å². The molecule has 0 bridgehead atoms. The summed E-state index contributed by atoms with van der Waals surface area (Å²) in [6.45, 7) is 6.54. The number of ether oxygens (including phenoxy) is 3. The first-order valence-corrected chi connectivity index (χ1v) is 35.7. The molecule has 0 amide bonds. The van der Waals surface area contributed by atoms with Crippen molar-refractivity contribution in [2.45, 2.75) is 361 Å². The van der Waals surface area contributed by atoms with Crippen molar-refractivity contribution in [3.63, 3.8) is 0 Å². The van der Waals surface area contributed by atoms with E-state index in [0.717, 1.165) is 103 Å². The van der Waals surface area contributed by atoms with Crippen LogP contribution in [0.15, 0.2) is 97.2 Å². The van der Waals surface area contributed by atoms with E-state index in [4.69, 9.17) is 14.2 Å². The zero-order valence-electron chi connectivity index (χ0n) is 54.9. The van der Waals surface area contributed by atoms with Crippen molar-refractivity contribution >= 4 is 17.9 Å². The number of rotatable bonds is 65. The number of hydrogen-bond donors (Lipinski definition) is 0. The summed E-state index contributed by atoms with van der Waals surface area (Å²) < 4.78 is 17.0. The van der Waals surface area contributed by atoms with Gasteiger partial charge in [0.15, 0.2) is 6.10 Å². The minimum absolute atomic E-state index is 0.0778. The van der Waals surface area contributed by atoms with Crippen LogP contribution in [0.5, 0.6) is 0 Å². The van der Waals surface area contributed by atoms with Crippen molar-refractivity contribution in [2.24, 2.45) is 0 Å². The Bertz CT molecular complexity index is 1610. The molecule has 0 aliphatic heterocycles. The SMILES string of the molecule is CC/C=C\C/C=C\C/C=C\C/C=C\C/C=C\C/C=C\CCCCCCCCCCCCCCCCC(=O)OCC(COC(=O)CCCCCCC/C=C\CCCCCC)OC(=O)CCCCCCCCCCC/C=C\CCCCCCCC. The Morgan fingerprint density at radius 1 is 0.253 bits per heavy atom. The maximum Gasteiger partial charge on any atom is 0.306 e. The quantitative estimate of drug-likeness (QED) is 0.0261. The van der Waals surface area contributed by atoms with E-state index in [9.17, 15) is 14.4 Å². The normalized spacial score (nSPS) is 12.7. The lowest BCUT2D eigenvalue weighted by atomic mass is 10.0. The van der Waals surface area contributed by atoms with Gasteiger partial charge in [-0.1, -0.05) is 311 Å². The average molecular weight is 1160 g/mol. The third kappa shape index (κ3) is 69.0. The zero-order chi connectivity index (χ0) is 59.9. The molecule has 0 aromatic rings. The summed E-state index contributed by atoms with van der Waals surface area (Å²) in [6.07, 6.45) is 95.8. The van der Waals surface area contributed by atoms with Crippen LogP contribution in [0.25, 0.3) is 0 Å². The molecule has 0 spiro atoms. The summed E-state index contributed by atoms with van der Waals surface area (Å²) in [6, 6.07) is 0. The van der Waals surface area contributed by atoms with Crippen molar-refractivity contribution in [3.8, 4) is 0 Å². The van der Waals surface area contributed by atoms with Crippen LogP contribution >= 0.6 is 0 Å². The van der Waals surface area contributed by atoms with E-state index in [2.05, 4.69) is 118 Å². The lowest BCUT2D eigenvalue weighted by Crippen LogP contribution is -2.30.